The van der Waals surface area contributed by atoms with E-state index >= 15 is 0 Å². The molecule has 1 aromatic carbocycles. The fraction of sp³-hybridized carbons (Fsp3) is 0.125. The monoisotopic (exact) mass is 266 g/mol. The van der Waals surface area contributed by atoms with Crippen molar-refractivity contribution in [3.63, 3.8) is 0 Å². The van der Waals surface area contributed by atoms with Gasteiger partial charge in [0.2, 0.25) is 5.78 Å². The maximum absolute atomic E-state index is 12.5. The first kappa shape index (κ1) is 12.4. The quantitative estimate of drug-likeness (QED) is 0.683. The number of rotatable bonds is 3. The lowest BCUT2D eigenvalue weighted by Gasteiger charge is -2.18. The molecule has 0 unspecified atom stereocenters. The number of nitrogens with zero attached hydrogens (tertiary/aromatic N) is 2. The van der Waals surface area contributed by atoms with Crippen LogP contribution in [0.5, 0.6) is 0 Å². The highest BCUT2D eigenvalue weighted by Gasteiger charge is 2.20. The molecule has 4 nitrogen and oxygen atoms in total. The molecule has 0 bridgehead atoms. The number of furan rings is 1. The smallest absolute Gasteiger partial charge is 0.231 e. The van der Waals surface area contributed by atoms with Crippen molar-refractivity contribution in [2.75, 3.05) is 19.0 Å². The summed E-state index contributed by atoms with van der Waals surface area (Å²) in [6.07, 6.45) is 3.11. The van der Waals surface area contributed by atoms with Gasteiger partial charge in [0, 0.05) is 25.7 Å². The zero-order chi connectivity index (χ0) is 14.1. The first-order valence-corrected chi connectivity index (χ1v) is 6.32. The van der Waals surface area contributed by atoms with Crippen molar-refractivity contribution in [2.24, 2.45) is 0 Å². The van der Waals surface area contributed by atoms with Gasteiger partial charge in [0.15, 0.2) is 5.76 Å². The van der Waals surface area contributed by atoms with Gasteiger partial charge in [-0.15, -0.1) is 0 Å². The number of carbonyl (C=O) groups is 1. The van der Waals surface area contributed by atoms with Gasteiger partial charge >= 0.3 is 0 Å². The molecule has 0 radical (unpaired) electrons. The van der Waals surface area contributed by atoms with Crippen LogP contribution in [0.2, 0.25) is 0 Å². The number of para-hydroxylation sites is 1. The molecule has 0 amide bonds. The van der Waals surface area contributed by atoms with Gasteiger partial charge in [-0.25, -0.2) is 0 Å². The minimum absolute atomic E-state index is 0.156. The molecule has 3 aromatic rings. The number of ketones is 1. The minimum Gasteiger partial charge on any atom is -0.461 e. The highest BCUT2D eigenvalue weighted by atomic mass is 16.3. The molecule has 0 aliphatic carbocycles. The Kier molecular flexibility index (Phi) is 2.99. The lowest BCUT2D eigenvalue weighted by molar-refractivity contribution is 0.101. The highest BCUT2D eigenvalue weighted by Crippen LogP contribution is 2.29. The van der Waals surface area contributed by atoms with Crippen LogP contribution in [0, 0.1) is 0 Å². The fourth-order valence-electron chi connectivity index (χ4n) is 2.32. The maximum atomic E-state index is 12.5. The van der Waals surface area contributed by atoms with Crippen LogP contribution in [0.3, 0.4) is 0 Å². The molecule has 0 saturated carbocycles. The Balaban J connectivity index is 2.25. The van der Waals surface area contributed by atoms with Crippen molar-refractivity contribution in [1.29, 1.82) is 0 Å². The van der Waals surface area contributed by atoms with E-state index in [1.165, 1.54) is 6.26 Å². The Bertz CT molecular complexity index is 761. The molecule has 0 aliphatic heterocycles. The second-order valence-corrected chi connectivity index (χ2v) is 4.74. The van der Waals surface area contributed by atoms with E-state index in [1.807, 2.05) is 43.3 Å². The molecule has 100 valence electrons. The largest absolute Gasteiger partial charge is 0.461 e. The van der Waals surface area contributed by atoms with Crippen LogP contribution >= 0.6 is 0 Å². The van der Waals surface area contributed by atoms with Crippen molar-refractivity contribution < 1.29 is 9.21 Å². The van der Waals surface area contributed by atoms with Crippen LogP contribution in [-0.2, 0) is 0 Å². The third-order valence-corrected chi connectivity index (χ3v) is 3.18. The number of pyridine rings is 1. The summed E-state index contributed by atoms with van der Waals surface area (Å²) in [7, 11) is 3.83. The third-order valence-electron chi connectivity index (χ3n) is 3.18. The fourth-order valence-corrected chi connectivity index (χ4v) is 2.32. The molecule has 0 atom stereocenters. The minimum atomic E-state index is -0.156. The normalized spacial score (nSPS) is 10.7. The average molecular weight is 266 g/mol. The topological polar surface area (TPSA) is 46.3 Å². The van der Waals surface area contributed by atoms with Crippen molar-refractivity contribution in [1.82, 2.24) is 4.98 Å². The van der Waals surface area contributed by atoms with Crippen LogP contribution in [0.15, 0.2) is 53.3 Å². The number of fused-ring (bicyclic) bond motifs is 1. The molecular formula is C16H14N2O2. The Labute approximate surface area is 116 Å². The average Bonchev–Trinajstić information content (AvgIpc) is 2.99. The van der Waals surface area contributed by atoms with Gasteiger partial charge in [0.25, 0.3) is 0 Å². The standard InChI is InChI=1S/C16H14N2O2/c1-18(2)15-11-6-3-4-7-13(11)17-10-12(15)16(19)14-8-5-9-20-14/h3-10H,1-2H3. The summed E-state index contributed by atoms with van der Waals surface area (Å²) in [4.78, 5) is 18.8. The zero-order valence-corrected chi connectivity index (χ0v) is 11.3. The molecule has 0 N–H and O–H groups in total. The number of hydrogen-bond donors (Lipinski definition) is 0. The van der Waals surface area contributed by atoms with Crippen LogP contribution in [0.1, 0.15) is 16.1 Å². The van der Waals surface area contributed by atoms with E-state index in [9.17, 15) is 4.79 Å². The Morgan fingerprint density at radius 2 is 1.95 bits per heavy atom. The zero-order valence-electron chi connectivity index (χ0n) is 11.3. The Morgan fingerprint density at radius 3 is 2.65 bits per heavy atom. The summed E-state index contributed by atoms with van der Waals surface area (Å²) in [5.74, 6) is 0.169. The molecule has 4 heteroatoms. The second kappa shape index (κ2) is 4.81. The molecule has 3 rings (SSSR count). The van der Waals surface area contributed by atoms with E-state index in [0.29, 0.717) is 11.3 Å². The van der Waals surface area contributed by atoms with E-state index in [2.05, 4.69) is 4.98 Å². The van der Waals surface area contributed by atoms with Gasteiger partial charge in [-0.3, -0.25) is 9.78 Å². The van der Waals surface area contributed by atoms with Crippen molar-refractivity contribution in [3.05, 3.63) is 60.2 Å². The number of anilines is 1. The van der Waals surface area contributed by atoms with Crippen molar-refractivity contribution >= 4 is 22.4 Å². The number of benzene rings is 1. The summed E-state index contributed by atoms with van der Waals surface area (Å²) in [6, 6.07) is 11.1. The first-order valence-electron chi connectivity index (χ1n) is 6.32. The van der Waals surface area contributed by atoms with Crippen LogP contribution in [0.25, 0.3) is 10.9 Å². The number of carbonyl (C=O) groups excluding carboxylic acids is 1. The first-order chi connectivity index (χ1) is 9.68. The van der Waals surface area contributed by atoms with Gasteiger partial charge in [0.1, 0.15) is 0 Å². The van der Waals surface area contributed by atoms with Crippen molar-refractivity contribution in [2.45, 2.75) is 0 Å². The predicted octanol–water partition coefficient (Wildman–Crippen LogP) is 3.12. The SMILES string of the molecule is CN(C)c1c(C(=O)c2ccco2)cnc2ccccc12. The summed E-state index contributed by atoms with van der Waals surface area (Å²) < 4.78 is 5.20. The second-order valence-electron chi connectivity index (χ2n) is 4.74. The van der Waals surface area contributed by atoms with Gasteiger partial charge in [-0.1, -0.05) is 18.2 Å². The predicted molar refractivity (Wildman–Crippen MR) is 78.2 cm³/mol. The molecule has 0 spiro atoms. The third kappa shape index (κ3) is 1.95. The summed E-state index contributed by atoms with van der Waals surface area (Å²) in [6.45, 7) is 0. The lowest BCUT2D eigenvalue weighted by atomic mass is 10.0. The van der Waals surface area contributed by atoms with Crippen LogP contribution < -0.4 is 4.90 Å². The van der Waals surface area contributed by atoms with E-state index < -0.39 is 0 Å². The van der Waals surface area contributed by atoms with Crippen LogP contribution in [-0.4, -0.2) is 24.9 Å². The summed E-state index contributed by atoms with van der Waals surface area (Å²) >= 11 is 0. The molecule has 2 aromatic heterocycles. The molecular weight excluding hydrogens is 252 g/mol. The number of aromatic nitrogens is 1. The molecule has 0 fully saturated rings. The lowest BCUT2D eigenvalue weighted by Crippen LogP contribution is -2.15. The summed E-state index contributed by atoms with van der Waals surface area (Å²) in [5.41, 5.74) is 2.27. The highest BCUT2D eigenvalue weighted by molar-refractivity contribution is 6.14. The Hall–Kier alpha value is -2.62. The molecule has 20 heavy (non-hydrogen) atoms. The van der Waals surface area contributed by atoms with Crippen molar-refractivity contribution in [3.8, 4) is 0 Å². The van der Waals surface area contributed by atoms with Gasteiger partial charge in [0.05, 0.1) is 23.0 Å². The van der Waals surface area contributed by atoms with Gasteiger partial charge < -0.3 is 9.32 Å². The molecule has 0 saturated heterocycles. The van der Waals surface area contributed by atoms with Crippen LogP contribution in [0.4, 0.5) is 5.69 Å². The van der Waals surface area contributed by atoms with E-state index in [1.54, 1.807) is 18.3 Å². The molecule has 0 aliphatic rings. The van der Waals surface area contributed by atoms with E-state index in [-0.39, 0.29) is 5.78 Å². The van der Waals surface area contributed by atoms with E-state index in [4.69, 9.17) is 4.42 Å². The summed E-state index contributed by atoms with van der Waals surface area (Å²) in [5, 5.41) is 0.954. The van der Waals surface area contributed by atoms with Gasteiger partial charge in [-0.05, 0) is 18.2 Å². The number of hydrogen-bond acceptors (Lipinski definition) is 4. The Morgan fingerprint density at radius 1 is 1.15 bits per heavy atom. The van der Waals surface area contributed by atoms with Gasteiger partial charge in [-0.2, -0.15) is 0 Å². The molecule has 2 heterocycles. The van der Waals surface area contributed by atoms with E-state index in [0.717, 1.165) is 16.6 Å². The maximum Gasteiger partial charge on any atom is 0.231 e.